The molecular formula is C34H33N7O4. The van der Waals surface area contributed by atoms with Gasteiger partial charge in [-0.2, -0.15) is 10.1 Å². The minimum absolute atomic E-state index is 0.0118. The average Bonchev–Trinajstić information content (AvgIpc) is 3.76. The summed E-state index contributed by atoms with van der Waals surface area (Å²) in [5.74, 6) is 2.43. The number of methoxy groups -OCH3 is 1. The maximum absolute atomic E-state index is 14.0. The molecule has 11 nitrogen and oxygen atoms in total. The zero-order chi connectivity index (χ0) is 30.5. The Morgan fingerprint density at radius 1 is 1.00 bits per heavy atom. The lowest BCUT2D eigenvalue weighted by molar-refractivity contribution is -0.0503. The van der Waals surface area contributed by atoms with Gasteiger partial charge in [0.1, 0.15) is 16.7 Å². The minimum Gasteiger partial charge on any atom is -0.491 e. The fourth-order valence-corrected chi connectivity index (χ4v) is 6.08. The number of aromatic nitrogens is 6. The molecule has 2 fully saturated rings. The molecule has 0 spiro atoms. The second kappa shape index (κ2) is 11.1. The molecule has 11 heteroatoms. The molecule has 0 bridgehead atoms. The number of aryl methyl sites for hydroxylation is 1. The van der Waals surface area contributed by atoms with Crippen molar-refractivity contribution in [3.8, 4) is 17.2 Å². The maximum atomic E-state index is 14.0. The number of fused-ring (bicyclic) bond motifs is 2. The van der Waals surface area contributed by atoms with E-state index in [1.54, 1.807) is 24.0 Å². The Bertz CT molecular complexity index is 2080. The standard InChI is InChI=1S/C34H33N7O4/c1-39-30-31(43-2)29(45-28-18-36-41-15-7-6-10-26(28)41)17-35-32(30)38-34(39)37-24-16-23(22-11-12-22)19-40(33(24)42)25-13-14-27(25)44-20-21-8-4-3-5-9-21/h3-10,15-19,22,25,27H,11-14,20H2,1-2H3,(H,35,37,38)/t25?,27-/m0/s1. The number of hydrogen-bond acceptors (Lipinski definition) is 8. The van der Waals surface area contributed by atoms with Crippen molar-refractivity contribution in [2.75, 3.05) is 12.4 Å². The molecule has 5 aromatic heterocycles. The van der Waals surface area contributed by atoms with E-state index in [0.29, 0.717) is 52.6 Å². The molecule has 1 unspecified atom stereocenters. The number of hydrogen-bond donors (Lipinski definition) is 1. The predicted octanol–water partition coefficient (Wildman–Crippen LogP) is 6.12. The van der Waals surface area contributed by atoms with E-state index < -0.39 is 0 Å². The van der Waals surface area contributed by atoms with Gasteiger partial charge in [-0.05, 0) is 60.9 Å². The lowest BCUT2D eigenvalue weighted by Crippen LogP contribution is -2.41. The third-order valence-corrected chi connectivity index (χ3v) is 8.83. The van der Waals surface area contributed by atoms with Crippen molar-refractivity contribution in [2.24, 2.45) is 7.05 Å². The zero-order valence-electron chi connectivity index (χ0n) is 25.1. The molecule has 2 atom stereocenters. The van der Waals surface area contributed by atoms with Crippen LogP contribution in [0, 0.1) is 0 Å². The number of anilines is 2. The van der Waals surface area contributed by atoms with E-state index in [1.807, 2.05) is 71.0 Å². The van der Waals surface area contributed by atoms with Crippen molar-refractivity contribution in [2.45, 2.75) is 50.4 Å². The minimum atomic E-state index is -0.0958. The summed E-state index contributed by atoms with van der Waals surface area (Å²) in [5.41, 5.74) is 4.59. The molecule has 2 saturated carbocycles. The van der Waals surface area contributed by atoms with Crippen molar-refractivity contribution in [1.29, 1.82) is 0 Å². The van der Waals surface area contributed by atoms with E-state index in [1.165, 1.54) is 0 Å². The molecule has 45 heavy (non-hydrogen) atoms. The molecule has 0 radical (unpaired) electrons. The van der Waals surface area contributed by atoms with Crippen LogP contribution in [0.2, 0.25) is 0 Å². The first-order valence-electron chi connectivity index (χ1n) is 15.3. The van der Waals surface area contributed by atoms with Crippen LogP contribution in [-0.2, 0) is 18.4 Å². The van der Waals surface area contributed by atoms with E-state index in [4.69, 9.17) is 19.2 Å². The first-order chi connectivity index (χ1) is 22.1. The van der Waals surface area contributed by atoms with Crippen LogP contribution in [0.4, 0.5) is 11.6 Å². The summed E-state index contributed by atoms with van der Waals surface area (Å²) in [7, 11) is 3.45. The molecule has 0 amide bonds. The SMILES string of the molecule is COc1c(Oc2cnn3ccccc23)cnc2nc(Nc3cc(C4CC4)cn(C4CC[C@@H]4OCc4ccccc4)c3=O)n(C)c12. The van der Waals surface area contributed by atoms with Gasteiger partial charge in [0.05, 0.1) is 38.3 Å². The smallest absolute Gasteiger partial charge is 0.274 e. The third kappa shape index (κ3) is 4.98. The van der Waals surface area contributed by atoms with Crippen LogP contribution < -0.4 is 20.3 Å². The molecule has 0 aliphatic heterocycles. The first kappa shape index (κ1) is 27.4. The number of ether oxygens (including phenoxy) is 3. The Hall–Kier alpha value is -5.16. The Morgan fingerprint density at radius 3 is 2.62 bits per heavy atom. The van der Waals surface area contributed by atoms with Gasteiger partial charge in [0.15, 0.2) is 22.9 Å². The van der Waals surface area contributed by atoms with Crippen LogP contribution >= 0.6 is 0 Å². The molecule has 1 aromatic carbocycles. The molecule has 8 rings (SSSR count). The number of pyridine rings is 3. The Morgan fingerprint density at radius 2 is 1.84 bits per heavy atom. The van der Waals surface area contributed by atoms with Gasteiger partial charge in [-0.15, -0.1) is 0 Å². The number of nitrogens with zero attached hydrogens (tertiary/aromatic N) is 6. The Balaban J connectivity index is 1.10. The predicted molar refractivity (Wildman–Crippen MR) is 170 cm³/mol. The van der Waals surface area contributed by atoms with Crippen LogP contribution in [0.1, 0.15) is 48.8 Å². The summed E-state index contributed by atoms with van der Waals surface area (Å²) >= 11 is 0. The van der Waals surface area contributed by atoms with Crippen LogP contribution in [0.25, 0.3) is 16.7 Å². The van der Waals surface area contributed by atoms with E-state index >= 15 is 0 Å². The largest absolute Gasteiger partial charge is 0.491 e. The molecule has 0 saturated heterocycles. The Labute approximate surface area is 259 Å². The quantitative estimate of drug-likeness (QED) is 0.200. The van der Waals surface area contributed by atoms with Gasteiger partial charge in [-0.25, -0.2) is 9.50 Å². The summed E-state index contributed by atoms with van der Waals surface area (Å²) in [6.45, 7) is 0.530. The lowest BCUT2D eigenvalue weighted by atomic mass is 9.88. The number of benzene rings is 1. The molecule has 5 heterocycles. The second-order valence-electron chi connectivity index (χ2n) is 11.7. The van der Waals surface area contributed by atoms with E-state index in [2.05, 4.69) is 27.5 Å². The zero-order valence-corrected chi connectivity index (χ0v) is 25.1. The summed E-state index contributed by atoms with van der Waals surface area (Å²) in [5, 5.41) is 7.69. The fourth-order valence-electron chi connectivity index (χ4n) is 6.08. The fraction of sp³-hybridized carbons (Fsp3) is 0.294. The molecule has 2 aliphatic rings. The first-order valence-corrected chi connectivity index (χ1v) is 15.3. The van der Waals surface area contributed by atoms with Gasteiger partial charge in [-0.3, -0.25) is 4.79 Å². The molecule has 2 aliphatic carbocycles. The monoisotopic (exact) mass is 603 g/mol. The van der Waals surface area contributed by atoms with Gasteiger partial charge < -0.3 is 28.7 Å². The Kier molecular flexibility index (Phi) is 6.75. The van der Waals surface area contributed by atoms with Crippen molar-refractivity contribution in [3.63, 3.8) is 0 Å². The summed E-state index contributed by atoms with van der Waals surface area (Å²) in [6, 6.07) is 17.9. The van der Waals surface area contributed by atoms with Crippen molar-refractivity contribution >= 4 is 28.3 Å². The summed E-state index contributed by atoms with van der Waals surface area (Å²) < 4.78 is 23.8. The van der Waals surface area contributed by atoms with Crippen molar-refractivity contribution in [3.05, 3.63) is 101 Å². The number of imidazole rings is 1. The highest BCUT2D eigenvalue weighted by Crippen LogP contribution is 2.43. The van der Waals surface area contributed by atoms with E-state index in [0.717, 1.165) is 42.3 Å². The van der Waals surface area contributed by atoms with Crippen molar-refractivity contribution < 1.29 is 14.2 Å². The summed E-state index contributed by atoms with van der Waals surface area (Å²) in [6.07, 6.45) is 11.2. The van der Waals surface area contributed by atoms with E-state index in [9.17, 15) is 4.79 Å². The van der Waals surface area contributed by atoms with Crippen LogP contribution in [0.15, 0.2) is 84.2 Å². The van der Waals surface area contributed by atoms with Gasteiger partial charge >= 0.3 is 0 Å². The van der Waals surface area contributed by atoms with E-state index in [-0.39, 0.29) is 17.7 Å². The second-order valence-corrected chi connectivity index (χ2v) is 11.7. The third-order valence-electron chi connectivity index (χ3n) is 8.83. The average molecular weight is 604 g/mol. The van der Waals surface area contributed by atoms with Crippen molar-refractivity contribution in [1.82, 2.24) is 28.7 Å². The highest BCUT2D eigenvalue weighted by molar-refractivity contribution is 5.85. The van der Waals surface area contributed by atoms with Crippen LogP contribution in [0.3, 0.4) is 0 Å². The maximum Gasteiger partial charge on any atom is 0.274 e. The van der Waals surface area contributed by atoms with Gasteiger partial charge in [0.2, 0.25) is 5.95 Å². The lowest BCUT2D eigenvalue weighted by Gasteiger charge is -2.38. The highest BCUT2D eigenvalue weighted by Gasteiger charge is 2.36. The van der Waals surface area contributed by atoms with Crippen LogP contribution in [0.5, 0.6) is 17.2 Å². The van der Waals surface area contributed by atoms with Gasteiger partial charge in [-0.1, -0.05) is 36.4 Å². The topological polar surface area (TPSA) is 110 Å². The highest BCUT2D eigenvalue weighted by atomic mass is 16.5. The van der Waals surface area contributed by atoms with Crippen LogP contribution in [-0.4, -0.2) is 41.9 Å². The summed E-state index contributed by atoms with van der Waals surface area (Å²) in [4.78, 5) is 23.3. The van der Waals surface area contributed by atoms with Gasteiger partial charge in [0, 0.05) is 19.4 Å². The number of nitrogens with one attached hydrogen (secondary N) is 1. The molecule has 6 aromatic rings. The molecular weight excluding hydrogens is 570 g/mol. The molecule has 1 N–H and O–H groups in total. The number of rotatable bonds is 10. The normalized spacial score (nSPS) is 17.8. The van der Waals surface area contributed by atoms with Gasteiger partial charge in [0.25, 0.3) is 5.56 Å². The molecule has 228 valence electrons.